The smallest absolute Gasteiger partial charge is 0.324 e. The predicted molar refractivity (Wildman–Crippen MR) is 65.2 cm³/mol. The van der Waals surface area contributed by atoms with Gasteiger partial charge in [-0.05, 0) is 42.5 Å². The molecule has 0 saturated carbocycles. The van der Waals surface area contributed by atoms with Gasteiger partial charge in [-0.2, -0.15) is 0 Å². The van der Waals surface area contributed by atoms with Gasteiger partial charge in [0.25, 0.3) is 0 Å². The fourth-order valence-electron chi connectivity index (χ4n) is 2.02. The number of nitrogens with two attached hydrogens (primary N) is 1. The number of halogens is 1. The van der Waals surface area contributed by atoms with Crippen molar-refractivity contribution in [3.63, 3.8) is 0 Å². The zero-order valence-corrected chi connectivity index (χ0v) is 10.4. The van der Waals surface area contributed by atoms with E-state index < -0.39 is 7.60 Å². The standard InChI is InChI=1S/C10H14NO3P.ClH/c11-10-3-1-2-7-6-8(15(12,13)14)4-5-9(7)10;/h4-6,10H,1-3,11H2,(H2,12,13,14);1H. The Kier molecular flexibility index (Phi) is 4.16. The number of fused-ring (bicyclic) bond motifs is 1. The molecule has 1 aliphatic carbocycles. The summed E-state index contributed by atoms with van der Waals surface area (Å²) in [6.07, 6.45) is 2.79. The number of benzene rings is 1. The van der Waals surface area contributed by atoms with E-state index in [1.54, 1.807) is 12.1 Å². The molecule has 0 aromatic heterocycles. The van der Waals surface area contributed by atoms with Crippen molar-refractivity contribution < 1.29 is 14.4 Å². The molecule has 4 N–H and O–H groups in total. The van der Waals surface area contributed by atoms with E-state index in [2.05, 4.69) is 0 Å². The topological polar surface area (TPSA) is 83.6 Å². The summed E-state index contributed by atoms with van der Waals surface area (Å²) in [6.45, 7) is 0. The minimum atomic E-state index is -4.12. The van der Waals surface area contributed by atoms with Gasteiger partial charge in [0.1, 0.15) is 0 Å². The average Bonchev–Trinajstić information content (AvgIpc) is 2.16. The van der Waals surface area contributed by atoms with Crippen LogP contribution in [-0.4, -0.2) is 9.79 Å². The molecule has 1 unspecified atom stereocenters. The summed E-state index contributed by atoms with van der Waals surface area (Å²) >= 11 is 0. The van der Waals surface area contributed by atoms with Gasteiger partial charge in [-0.15, -0.1) is 12.4 Å². The monoisotopic (exact) mass is 263 g/mol. The zero-order chi connectivity index (χ0) is 11.1. The Morgan fingerprint density at radius 2 is 2.06 bits per heavy atom. The first-order valence-electron chi connectivity index (χ1n) is 4.93. The summed E-state index contributed by atoms with van der Waals surface area (Å²) < 4.78 is 11.1. The predicted octanol–water partition coefficient (Wildman–Crippen LogP) is 1.25. The second kappa shape index (κ2) is 4.86. The van der Waals surface area contributed by atoms with Crippen molar-refractivity contribution in [3.8, 4) is 0 Å². The Morgan fingerprint density at radius 1 is 1.38 bits per heavy atom. The number of rotatable bonds is 1. The van der Waals surface area contributed by atoms with Gasteiger partial charge in [-0.3, -0.25) is 4.57 Å². The first kappa shape index (κ1) is 13.7. The Balaban J connectivity index is 0.00000128. The third-order valence-electron chi connectivity index (χ3n) is 2.82. The SMILES string of the molecule is Cl.NC1CCCc2cc(P(=O)(O)O)ccc21. The lowest BCUT2D eigenvalue weighted by Gasteiger charge is -2.22. The van der Waals surface area contributed by atoms with Crippen LogP contribution in [0.4, 0.5) is 0 Å². The molecule has 0 radical (unpaired) electrons. The molecule has 0 aliphatic heterocycles. The van der Waals surface area contributed by atoms with E-state index in [1.165, 1.54) is 6.07 Å². The van der Waals surface area contributed by atoms with Crippen molar-refractivity contribution >= 4 is 25.3 Å². The molecule has 1 atom stereocenters. The molecule has 16 heavy (non-hydrogen) atoms. The third kappa shape index (κ3) is 2.65. The van der Waals surface area contributed by atoms with E-state index in [0.717, 1.165) is 30.4 Å². The third-order valence-corrected chi connectivity index (χ3v) is 3.77. The summed E-state index contributed by atoms with van der Waals surface area (Å²) in [6, 6.07) is 4.83. The second-order valence-electron chi connectivity index (χ2n) is 3.93. The molecule has 0 saturated heterocycles. The number of hydrogen-bond acceptors (Lipinski definition) is 2. The normalized spacial score (nSPS) is 19.8. The van der Waals surface area contributed by atoms with Crippen molar-refractivity contribution in [1.29, 1.82) is 0 Å². The fourth-order valence-corrected chi connectivity index (χ4v) is 2.61. The largest absolute Gasteiger partial charge is 0.356 e. The summed E-state index contributed by atoms with van der Waals surface area (Å²) in [7, 11) is -4.12. The lowest BCUT2D eigenvalue weighted by atomic mass is 9.88. The zero-order valence-electron chi connectivity index (χ0n) is 8.67. The minimum Gasteiger partial charge on any atom is -0.324 e. The van der Waals surface area contributed by atoms with Crippen molar-refractivity contribution in [2.45, 2.75) is 25.3 Å². The Labute approximate surface area is 100 Å². The van der Waals surface area contributed by atoms with E-state index in [0.29, 0.717) is 0 Å². The molecule has 0 amide bonds. The molecule has 0 bridgehead atoms. The van der Waals surface area contributed by atoms with Crippen LogP contribution < -0.4 is 11.0 Å². The Hall–Kier alpha value is -0.380. The Morgan fingerprint density at radius 3 is 2.69 bits per heavy atom. The fraction of sp³-hybridized carbons (Fsp3) is 0.400. The number of hydrogen-bond donors (Lipinski definition) is 3. The van der Waals surface area contributed by atoms with Gasteiger partial charge in [0, 0.05) is 6.04 Å². The molecule has 1 aromatic rings. The lowest BCUT2D eigenvalue weighted by Crippen LogP contribution is -2.19. The van der Waals surface area contributed by atoms with Crippen LogP contribution in [-0.2, 0) is 11.0 Å². The highest BCUT2D eigenvalue weighted by Gasteiger charge is 2.22. The van der Waals surface area contributed by atoms with E-state index in [1.807, 2.05) is 0 Å². The van der Waals surface area contributed by atoms with Gasteiger partial charge in [0.2, 0.25) is 0 Å². The van der Waals surface area contributed by atoms with Crippen molar-refractivity contribution in [2.75, 3.05) is 0 Å². The van der Waals surface area contributed by atoms with Crippen LogP contribution in [0.3, 0.4) is 0 Å². The minimum absolute atomic E-state index is 0. The molecular weight excluding hydrogens is 249 g/mol. The summed E-state index contributed by atoms with van der Waals surface area (Å²) in [5.74, 6) is 0. The molecule has 0 fully saturated rings. The Bertz CT molecular complexity index is 432. The van der Waals surface area contributed by atoms with Crippen molar-refractivity contribution in [2.24, 2.45) is 5.73 Å². The molecule has 1 aliphatic rings. The number of aryl methyl sites for hydroxylation is 1. The maximum absolute atomic E-state index is 11.1. The highest BCUT2D eigenvalue weighted by atomic mass is 35.5. The highest BCUT2D eigenvalue weighted by Crippen LogP contribution is 2.35. The van der Waals surface area contributed by atoms with Gasteiger partial charge in [0.15, 0.2) is 0 Å². The van der Waals surface area contributed by atoms with Crippen LogP contribution in [0.1, 0.15) is 30.0 Å². The van der Waals surface area contributed by atoms with E-state index in [9.17, 15) is 4.57 Å². The summed E-state index contributed by atoms with van der Waals surface area (Å²) in [4.78, 5) is 18.1. The lowest BCUT2D eigenvalue weighted by molar-refractivity contribution is 0.387. The van der Waals surface area contributed by atoms with Crippen LogP contribution in [0.25, 0.3) is 0 Å². The van der Waals surface area contributed by atoms with Gasteiger partial charge in [0.05, 0.1) is 5.30 Å². The van der Waals surface area contributed by atoms with Gasteiger partial charge in [-0.1, -0.05) is 6.07 Å². The van der Waals surface area contributed by atoms with Crippen molar-refractivity contribution in [3.05, 3.63) is 29.3 Å². The first-order valence-corrected chi connectivity index (χ1v) is 6.54. The van der Waals surface area contributed by atoms with E-state index in [4.69, 9.17) is 15.5 Å². The second-order valence-corrected chi connectivity index (χ2v) is 5.53. The van der Waals surface area contributed by atoms with Crippen LogP contribution in [0, 0.1) is 0 Å². The van der Waals surface area contributed by atoms with Crippen LogP contribution >= 0.6 is 20.0 Å². The summed E-state index contributed by atoms with van der Waals surface area (Å²) in [5.41, 5.74) is 7.92. The molecule has 0 heterocycles. The van der Waals surface area contributed by atoms with Crippen LogP contribution in [0.5, 0.6) is 0 Å². The molecular formula is C10H15ClNO3P. The van der Waals surface area contributed by atoms with Crippen LogP contribution in [0.15, 0.2) is 18.2 Å². The van der Waals surface area contributed by atoms with Gasteiger partial charge in [-0.25, -0.2) is 0 Å². The molecule has 90 valence electrons. The maximum atomic E-state index is 11.1. The summed E-state index contributed by atoms with van der Waals surface area (Å²) in [5, 5.41) is 0.0929. The average molecular weight is 264 g/mol. The maximum Gasteiger partial charge on any atom is 0.356 e. The molecule has 4 nitrogen and oxygen atoms in total. The molecule has 0 spiro atoms. The van der Waals surface area contributed by atoms with E-state index in [-0.39, 0.29) is 23.8 Å². The highest BCUT2D eigenvalue weighted by molar-refractivity contribution is 7.60. The first-order chi connectivity index (χ1) is 6.98. The van der Waals surface area contributed by atoms with Crippen molar-refractivity contribution in [1.82, 2.24) is 0 Å². The van der Waals surface area contributed by atoms with Gasteiger partial charge >= 0.3 is 7.60 Å². The van der Waals surface area contributed by atoms with Crippen LogP contribution in [0.2, 0.25) is 0 Å². The molecule has 2 rings (SSSR count). The van der Waals surface area contributed by atoms with Gasteiger partial charge < -0.3 is 15.5 Å². The molecule has 1 aromatic carbocycles. The molecule has 6 heteroatoms. The van der Waals surface area contributed by atoms with E-state index >= 15 is 0 Å². The quantitative estimate of drug-likeness (QED) is 0.666.